The normalized spacial score (nSPS) is 11.6. The molecule has 23 heavy (non-hydrogen) atoms. The lowest BCUT2D eigenvalue weighted by molar-refractivity contribution is 0.455. The van der Waals surface area contributed by atoms with Crippen molar-refractivity contribution in [2.75, 3.05) is 0 Å². The van der Waals surface area contributed by atoms with Crippen molar-refractivity contribution < 1.29 is 5.11 Å². The molecule has 0 saturated carbocycles. The van der Waals surface area contributed by atoms with Crippen molar-refractivity contribution in [2.45, 2.75) is 91.9 Å². The molecule has 0 bridgehead atoms. The van der Waals surface area contributed by atoms with Gasteiger partial charge < -0.3 is 5.11 Å². The number of unbranched alkanes of at least 4 members (excludes halogenated alkanes) is 4. The number of phenolic OH excluding ortho intramolecular Hbond substituents is 1. The predicted molar refractivity (Wildman–Crippen MR) is 102 cm³/mol. The number of hydrogen-bond acceptors (Lipinski definition) is 1. The van der Waals surface area contributed by atoms with E-state index in [-0.39, 0.29) is 0 Å². The first kappa shape index (κ1) is 20.1. The first-order valence-corrected chi connectivity index (χ1v) is 9.80. The maximum Gasteiger partial charge on any atom is 0.121 e. The molecule has 0 aliphatic rings. The largest absolute Gasteiger partial charge is 0.507 e. The summed E-state index contributed by atoms with van der Waals surface area (Å²) in [6.45, 7) is 9.15. The highest BCUT2D eigenvalue weighted by Gasteiger charge is 2.07. The van der Waals surface area contributed by atoms with Gasteiger partial charge in [0.25, 0.3) is 0 Å². The fraction of sp³-hybridized carbons (Fsp3) is 0.727. The van der Waals surface area contributed by atoms with E-state index in [1.807, 2.05) is 0 Å². The molecule has 1 rings (SSSR count). The number of phenols is 1. The third kappa shape index (κ3) is 9.03. The zero-order valence-corrected chi connectivity index (χ0v) is 15.9. The second-order valence-corrected chi connectivity index (χ2v) is 7.91. The molecule has 0 aliphatic carbocycles. The van der Waals surface area contributed by atoms with Gasteiger partial charge in [-0.25, -0.2) is 0 Å². The smallest absolute Gasteiger partial charge is 0.121 e. The van der Waals surface area contributed by atoms with Crippen LogP contribution in [0.25, 0.3) is 0 Å². The predicted octanol–water partition coefficient (Wildman–Crippen LogP) is 6.91. The first-order valence-electron chi connectivity index (χ1n) is 9.80. The Morgan fingerprint density at radius 1 is 0.696 bits per heavy atom. The molecule has 0 fully saturated rings. The molecule has 1 heteroatoms. The average molecular weight is 319 g/mol. The van der Waals surface area contributed by atoms with Crippen LogP contribution < -0.4 is 0 Å². The lowest BCUT2D eigenvalue weighted by Crippen LogP contribution is -1.94. The highest BCUT2D eigenvalue weighted by molar-refractivity contribution is 5.40. The van der Waals surface area contributed by atoms with Gasteiger partial charge in [0.1, 0.15) is 5.75 Å². The Hall–Kier alpha value is -0.980. The van der Waals surface area contributed by atoms with Crippen LogP contribution in [0.1, 0.15) is 90.2 Å². The molecule has 0 amide bonds. The molecule has 1 aromatic rings. The second-order valence-electron chi connectivity index (χ2n) is 7.91. The Kier molecular flexibility index (Phi) is 10.1. The van der Waals surface area contributed by atoms with Gasteiger partial charge >= 0.3 is 0 Å². The van der Waals surface area contributed by atoms with Gasteiger partial charge in [0, 0.05) is 0 Å². The van der Waals surface area contributed by atoms with E-state index in [2.05, 4.69) is 45.9 Å². The van der Waals surface area contributed by atoms with Gasteiger partial charge in [0.05, 0.1) is 0 Å². The van der Waals surface area contributed by atoms with Gasteiger partial charge in [-0.05, 0) is 48.6 Å². The fourth-order valence-corrected chi connectivity index (χ4v) is 3.14. The number of para-hydroxylation sites is 1. The number of rotatable bonds is 12. The average Bonchev–Trinajstić information content (AvgIpc) is 2.49. The molecule has 0 unspecified atom stereocenters. The highest BCUT2D eigenvalue weighted by atomic mass is 16.3. The molecule has 0 radical (unpaired) electrons. The molecule has 0 spiro atoms. The van der Waals surface area contributed by atoms with Crippen LogP contribution in [0.3, 0.4) is 0 Å². The molecule has 1 nitrogen and oxygen atoms in total. The minimum absolute atomic E-state index is 0.570. The summed E-state index contributed by atoms with van der Waals surface area (Å²) < 4.78 is 0. The molecule has 0 atom stereocenters. The van der Waals surface area contributed by atoms with E-state index in [0.29, 0.717) is 5.75 Å². The van der Waals surface area contributed by atoms with Crippen molar-refractivity contribution in [1.29, 1.82) is 0 Å². The lowest BCUT2D eigenvalue weighted by Gasteiger charge is -2.10. The summed E-state index contributed by atoms with van der Waals surface area (Å²) in [4.78, 5) is 0. The molecule has 0 saturated heterocycles. The van der Waals surface area contributed by atoms with Gasteiger partial charge in [-0.1, -0.05) is 84.4 Å². The Morgan fingerprint density at radius 2 is 1.13 bits per heavy atom. The van der Waals surface area contributed by atoms with Crippen LogP contribution in [0, 0.1) is 11.8 Å². The van der Waals surface area contributed by atoms with Gasteiger partial charge in [0.15, 0.2) is 0 Å². The second kappa shape index (κ2) is 11.5. The van der Waals surface area contributed by atoms with Crippen LogP contribution in [0.2, 0.25) is 0 Å². The molecule has 1 aromatic carbocycles. The van der Waals surface area contributed by atoms with Crippen molar-refractivity contribution in [2.24, 2.45) is 11.8 Å². The van der Waals surface area contributed by atoms with Gasteiger partial charge in [-0.3, -0.25) is 0 Å². The third-order valence-electron chi connectivity index (χ3n) is 4.66. The number of benzene rings is 1. The van der Waals surface area contributed by atoms with Gasteiger partial charge in [-0.2, -0.15) is 0 Å². The summed E-state index contributed by atoms with van der Waals surface area (Å²) in [5.41, 5.74) is 2.29. The summed E-state index contributed by atoms with van der Waals surface area (Å²) in [6, 6.07) is 6.31. The maximum absolute atomic E-state index is 10.5. The van der Waals surface area contributed by atoms with Crippen LogP contribution in [-0.4, -0.2) is 5.11 Å². The molecule has 132 valence electrons. The highest BCUT2D eigenvalue weighted by Crippen LogP contribution is 2.26. The third-order valence-corrected chi connectivity index (χ3v) is 4.66. The zero-order valence-electron chi connectivity index (χ0n) is 15.9. The monoisotopic (exact) mass is 318 g/mol. The summed E-state index contributed by atoms with van der Waals surface area (Å²) in [7, 11) is 0. The molecular formula is C22H38O. The maximum atomic E-state index is 10.5. The van der Waals surface area contributed by atoms with E-state index in [1.54, 1.807) is 0 Å². The van der Waals surface area contributed by atoms with Crippen LogP contribution in [0.5, 0.6) is 5.75 Å². The minimum Gasteiger partial charge on any atom is -0.507 e. The van der Waals surface area contributed by atoms with Crippen molar-refractivity contribution >= 4 is 0 Å². The summed E-state index contributed by atoms with van der Waals surface area (Å²) in [6.07, 6.45) is 12.2. The van der Waals surface area contributed by atoms with Crippen LogP contribution in [0.15, 0.2) is 18.2 Å². The Bertz CT molecular complexity index is 384. The summed E-state index contributed by atoms with van der Waals surface area (Å²) >= 11 is 0. The minimum atomic E-state index is 0.570. The summed E-state index contributed by atoms with van der Waals surface area (Å²) in [5, 5.41) is 10.5. The molecule has 0 aliphatic heterocycles. The topological polar surface area (TPSA) is 20.2 Å². The Labute approximate surface area is 144 Å². The quantitative estimate of drug-likeness (QED) is 0.415. The zero-order chi connectivity index (χ0) is 17.1. The van der Waals surface area contributed by atoms with Gasteiger partial charge in [0.2, 0.25) is 0 Å². The van der Waals surface area contributed by atoms with Crippen LogP contribution >= 0.6 is 0 Å². The molecule has 0 heterocycles. The van der Waals surface area contributed by atoms with Crippen molar-refractivity contribution in [3.8, 4) is 5.75 Å². The van der Waals surface area contributed by atoms with E-state index < -0.39 is 0 Å². The number of aryl methyl sites for hydroxylation is 2. The molecular weight excluding hydrogens is 280 g/mol. The Morgan fingerprint density at radius 3 is 1.52 bits per heavy atom. The van der Waals surface area contributed by atoms with E-state index in [0.717, 1.165) is 35.8 Å². The fourth-order valence-electron chi connectivity index (χ4n) is 3.14. The van der Waals surface area contributed by atoms with Crippen molar-refractivity contribution in [3.05, 3.63) is 29.3 Å². The van der Waals surface area contributed by atoms with Crippen molar-refractivity contribution in [3.63, 3.8) is 0 Å². The standard InChI is InChI=1S/C22H38O/c1-18(2)12-7-5-9-14-20-16-11-17-21(22(20)23)15-10-6-8-13-19(3)4/h11,16-19,23H,5-10,12-15H2,1-4H3. The Balaban J connectivity index is 2.33. The SMILES string of the molecule is CC(C)CCCCCc1cccc(CCCCCC(C)C)c1O. The number of aromatic hydroxyl groups is 1. The van der Waals surface area contributed by atoms with Crippen LogP contribution in [-0.2, 0) is 12.8 Å². The number of hydrogen-bond donors (Lipinski definition) is 1. The van der Waals surface area contributed by atoms with E-state index in [1.165, 1.54) is 51.4 Å². The first-order chi connectivity index (χ1) is 11.0. The van der Waals surface area contributed by atoms with Crippen molar-refractivity contribution in [1.82, 2.24) is 0 Å². The summed E-state index contributed by atoms with van der Waals surface area (Å²) in [5.74, 6) is 2.19. The molecule has 0 aromatic heterocycles. The van der Waals surface area contributed by atoms with Crippen LogP contribution in [0.4, 0.5) is 0 Å². The molecule has 1 N–H and O–H groups in total. The van der Waals surface area contributed by atoms with E-state index in [9.17, 15) is 5.11 Å². The van der Waals surface area contributed by atoms with E-state index in [4.69, 9.17) is 0 Å². The lowest BCUT2D eigenvalue weighted by atomic mass is 9.97. The van der Waals surface area contributed by atoms with E-state index >= 15 is 0 Å². The van der Waals surface area contributed by atoms with Gasteiger partial charge in [-0.15, -0.1) is 0 Å².